The molecule has 0 bridgehead atoms. The predicted octanol–water partition coefficient (Wildman–Crippen LogP) is 3.89. The van der Waals surface area contributed by atoms with Gasteiger partial charge in [-0.2, -0.15) is 18.2 Å². The van der Waals surface area contributed by atoms with Gasteiger partial charge in [-0.1, -0.05) is 59.8 Å². The zero-order chi connectivity index (χ0) is 20.1. The van der Waals surface area contributed by atoms with Crippen LogP contribution in [0.2, 0.25) is 0 Å². The SMILES string of the molecule is CON(Cc1ccc(-c2noc(C(F)(F)F)n2)cc1)C(=O)Cc1ccccc1. The summed E-state index contributed by atoms with van der Waals surface area (Å²) in [5.41, 5.74) is 1.96. The van der Waals surface area contributed by atoms with Crippen molar-refractivity contribution in [2.24, 2.45) is 0 Å². The molecule has 0 radical (unpaired) electrons. The smallest absolute Gasteiger partial charge is 0.329 e. The van der Waals surface area contributed by atoms with Crippen LogP contribution in [-0.2, 0) is 28.8 Å². The van der Waals surface area contributed by atoms with Gasteiger partial charge in [0.1, 0.15) is 0 Å². The lowest BCUT2D eigenvalue weighted by Gasteiger charge is -2.20. The molecule has 0 fully saturated rings. The molecule has 9 heteroatoms. The second kappa shape index (κ2) is 8.22. The molecule has 146 valence electrons. The third kappa shape index (κ3) is 4.74. The van der Waals surface area contributed by atoms with Gasteiger partial charge >= 0.3 is 12.1 Å². The first-order chi connectivity index (χ1) is 13.4. The maximum absolute atomic E-state index is 12.5. The number of amides is 1. The van der Waals surface area contributed by atoms with Gasteiger partial charge in [-0.15, -0.1) is 0 Å². The highest BCUT2D eigenvalue weighted by Gasteiger charge is 2.38. The van der Waals surface area contributed by atoms with Crippen molar-refractivity contribution < 1.29 is 27.3 Å². The zero-order valence-corrected chi connectivity index (χ0v) is 14.8. The molecule has 0 aliphatic heterocycles. The predicted molar refractivity (Wildman–Crippen MR) is 92.4 cm³/mol. The fourth-order valence-electron chi connectivity index (χ4n) is 2.49. The van der Waals surface area contributed by atoms with E-state index in [1.165, 1.54) is 12.2 Å². The van der Waals surface area contributed by atoms with Gasteiger partial charge in [0, 0.05) is 5.56 Å². The van der Waals surface area contributed by atoms with E-state index in [1.807, 2.05) is 30.3 Å². The quantitative estimate of drug-likeness (QED) is 0.597. The number of rotatable bonds is 6. The summed E-state index contributed by atoms with van der Waals surface area (Å²) in [5, 5.41) is 4.56. The zero-order valence-electron chi connectivity index (χ0n) is 14.8. The van der Waals surface area contributed by atoms with E-state index in [1.54, 1.807) is 24.3 Å². The lowest BCUT2D eigenvalue weighted by Crippen LogP contribution is -2.30. The highest BCUT2D eigenvalue weighted by Crippen LogP contribution is 2.29. The monoisotopic (exact) mass is 391 g/mol. The van der Waals surface area contributed by atoms with Crippen LogP contribution in [0.3, 0.4) is 0 Å². The van der Waals surface area contributed by atoms with E-state index in [4.69, 9.17) is 4.84 Å². The highest BCUT2D eigenvalue weighted by atomic mass is 19.4. The Kier molecular flexibility index (Phi) is 5.74. The molecule has 1 aromatic heterocycles. The Balaban J connectivity index is 1.67. The van der Waals surface area contributed by atoms with Crippen molar-refractivity contribution in [2.45, 2.75) is 19.1 Å². The summed E-state index contributed by atoms with van der Waals surface area (Å²) >= 11 is 0. The van der Waals surface area contributed by atoms with Crippen LogP contribution in [0.25, 0.3) is 11.4 Å². The van der Waals surface area contributed by atoms with Gasteiger partial charge < -0.3 is 4.52 Å². The van der Waals surface area contributed by atoms with Crippen molar-refractivity contribution in [2.75, 3.05) is 7.11 Å². The van der Waals surface area contributed by atoms with Crippen molar-refractivity contribution in [3.63, 3.8) is 0 Å². The van der Waals surface area contributed by atoms with Crippen LogP contribution >= 0.6 is 0 Å². The van der Waals surface area contributed by atoms with E-state index >= 15 is 0 Å². The minimum atomic E-state index is -4.69. The molecule has 0 N–H and O–H groups in total. The second-order valence-corrected chi connectivity index (χ2v) is 5.89. The summed E-state index contributed by atoms with van der Waals surface area (Å²) in [4.78, 5) is 20.9. The number of hydrogen-bond donors (Lipinski definition) is 0. The fourth-order valence-corrected chi connectivity index (χ4v) is 2.49. The van der Waals surface area contributed by atoms with Gasteiger partial charge in [0.05, 0.1) is 20.1 Å². The summed E-state index contributed by atoms with van der Waals surface area (Å²) in [6.45, 7) is 0.183. The molecule has 0 spiro atoms. The molecule has 0 aliphatic rings. The number of aromatic nitrogens is 2. The van der Waals surface area contributed by atoms with Gasteiger partial charge in [-0.3, -0.25) is 9.63 Å². The minimum Gasteiger partial charge on any atom is -0.329 e. The first-order valence-corrected chi connectivity index (χ1v) is 8.25. The number of halogens is 3. The minimum absolute atomic E-state index is 0.164. The van der Waals surface area contributed by atoms with Crippen LogP contribution in [0, 0.1) is 0 Å². The van der Waals surface area contributed by atoms with E-state index in [0.717, 1.165) is 11.1 Å². The Labute approximate surface area is 158 Å². The van der Waals surface area contributed by atoms with E-state index in [9.17, 15) is 18.0 Å². The van der Waals surface area contributed by atoms with Crippen molar-refractivity contribution in [3.8, 4) is 11.4 Å². The Morgan fingerprint density at radius 2 is 1.75 bits per heavy atom. The largest absolute Gasteiger partial charge is 0.471 e. The number of benzene rings is 2. The van der Waals surface area contributed by atoms with E-state index in [2.05, 4.69) is 14.7 Å². The second-order valence-electron chi connectivity index (χ2n) is 5.89. The summed E-state index contributed by atoms with van der Waals surface area (Å²) in [6.07, 6.45) is -4.50. The van der Waals surface area contributed by atoms with Crippen LogP contribution in [0.5, 0.6) is 0 Å². The van der Waals surface area contributed by atoms with Crippen LogP contribution in [0.15, 0.2) is 59.1 Å². The molecule has 1 amide bonds. The van der Waals surface area contributed by atoms with Crippen LogP contribution in [-0.4, -0.2) is 28.2 Å². The topological polar surface area (TPSA) is 68.5 Å². The van der Waals surface area contributed by atoms with E-state index < -0.39 is 12.1 Å². The molecule has 0 saturated carbocycles. The Morgan fingerprint density at radius 1 is 1.07 bits per heavy atom. The summed E-state index contributed by atoms with van der Waals surface area (Å²) < 4.78 is 41.9. The number of carbonyl (C=O) groups excluding carboxylic acids is 1. The normalized spacial score (nSPS) is 11.4. The van der Waals surface area contributed by atoms with E-state index in [0.29, 0.717) is 5.56 Å². The molecule has 3 rings (SSSR count). The number of alkyl halides is 3. The third-order valence-electron chi connectivity index (χ3n) is 3.90. The number of hydrogen-bond acceptors (Lipinski definition) is 5. The van der Waals surface area contributed by atoms with Gasteiger partial charge in [0.15, 0.2) is 0 Å². The average molecular weight is 391 g/mol. The van der Waals surface area contributed by atoms with Crippen molar-refractivity contribution in [1.29, 1.82) is 0 Å². The Morgan fingerprint density at radius 3 is 2.32 bits per heavy atom. The first kappa shape index (κ1) is 19.6. The van der Waals surface area contributed by atoms with Crippen molar-refractivity contribution >= 4 is 5.91 Å². The molecule has 2 aromatic carbocycles. The average Bonchev–Trinajstić information content (AvgIpc) is 3.18. The van der Waals surface area contributed by atoms with Gasteiger partial charge in [-0.25, -0.2) is 5.06 Å². The standard InChI is InChI=1S/C19H16F3N3O3/c1-27-25(16(26)11-13-5-3-2-4-6-13)12-14-7-9-15(10-8-14)17-23-18(28-24-17)19(20,21)22/h2-10H,11-12H2,1H3. The number of nitrogens with zero attached hydrogens (tertiary/aromatic N) is 3. The van der Waals surface area contributed by atoms with E-state index in [-0.39, 0.29) is 24.7 Å². The Hall–Kier alpha value is -3.20. The van der Waals surface area contributed by atoms with Gasteiger partial charge in [0.2, 0.25) is 5.82 Å². The van der Waals surface area contributed by atoms with Crippen molar-refractivity contribution in [1.82, 2.24) is 15.2 Å². The summed E-state index contributed by atoms with van der Waals surface area (Å²) in [6, 6.07) is 15.7. The van der Waals surface area contributed by atoms with Crippen LogP contribution in [0.4, 0.5) is 13.2 Å². The van der Waals surface area contributed by atoms with Crippen molar-refractivity contribution in [3.05, 3.63) is 71.6 Å². The molecule has 1 heterocycles. The highest BCUT2D eigenvalue weighted by molar-refractivity contribution is 5.77. The maximum Gasteiger partial charge on any atom is 0.471 e. The molecule has 28 heavy (non-hydrogen) atoms. The molecule has 0 saturated heterocycles. The third-order valence-corrected chi connectivity index (χ3v) is 3.90. The molecule has 6 nitrogen and oxygen atoms in total. The molecule has 0 unspecified atom stereocenters. The van der Waals surface area contributed by atoms with Gasteiger partial charge in [0.25, 0.3) is 5.91 Å². The molecule has 3 aromatic rings. The molecule has 0 aliphatic carbocycles. The lowest BCUT2D eigenvalue weighted by molar-refractivity contribution is -0.178. The number of carbonyl (C=O) groups is 1. The fraction of sp³-hybridized carbons (Fsp3) is 0.211. The Bertz CT molecular complexity index is 925. The molecular formula is C19H16F3N3O3. The summed E-state index contributed by atoms with van der Waals surface area (Å²) in [7, 11) is 1.40. The lowest BCUT2D eigenvalue weighted by atomic mass is 10.1. The first-order valence-electron chi connectivity index (χ1n) is 8.25. The number of hydroxylamine groups is 2. The summed E-state index contributed by atoms with van der Waals surface area (Å²) in [5.74, 6) is -1.78. The van der Waals surface area contributed by atoms with Crippen LogP contribution < -0.4 is 0 Å². The van der Waals surface area contributed by atoms with Crippen LogP contribution in [0.1, 0.15) is 17.0 Å². The molecule has 0 atom stereocenters. The van der Waals surface area contributed by atoms with Gasteiger partial charge in [-0.05, 0) is 11.1 Å². The molecular weight excluding hydrogens is 375 g/mol. The maximum atomic E-state index is 12.5.